The zero-order valence-electron chi connectivity index (χ0n) is 15.7. The Morgan fingerprint density at radius 2 is 1.85 bits per heavy atom. The molecule has 2 aromatic rings. The fraction of sp³-hybridized carbons (Fsp3) is 0.409. The van der Waals surface area contributed by atoms with Crippen molar-refractivity contribution in [1.29, 1.82) is 0 Å². The number of carbonyl (C=O) groups excluding carboxylic acids is 1. The molecule has 0 saturated carbocycles. The van der Waals surface area contributed by atoms with Gasteiger partial charge in [0, 0.05) is 26.2 Å². The smallest absolute Gasteiger partial charge is 0.240 e. The molecule has 2 heterocycles. The number of carbonyl (C=O) groups is 1. The molecule has 2 aliphatic heterocycles. The molecule has 4 rings (SSSR count). The van der Waals surface area contributed by atoms with Crippen molar-refractivity contribution in [3.05, 3.63) is 53.6 Å². The van der Waals surface area contributed by atoms with Gasteiger partial charge in [-0.15, -0.1) is 0 Å². The summed E-state index contributed by atoms with van der Waals surface area (Å²) in [4.78, 5) is 12.4. The average Bonchev–Trinajstić information content (AvgIpc) is 3.06. The quantitative estimate of drug-likeness (QED) is 0.873. The van der Waals surface area contributed by atoms with E-state index in [1.165, 1.54) is 11.1 Å². The topological polar surface area (TPSA) is 73.6 Å². The van der Waals surface area contributed by atoms with Gasteiger partial charge in [0.15, 0.2) is 0 Å². The van der Waals surface area contributed by atoms with E-state index in [-0.39, 0.29) is 12.0 Å². The van der Waals surface area contributed by atoms with E-state index in [1.807, 2.05) is 0 Å². The van der Waals surface area contributed by atoms with Crippen LogP contribution in [0.25, 0.3) is 11.1 Å². The molecule has 0 aromatic heterocycles. The van der Waals surface area contributed by atoms with Crippen molar-refractivity contribution in [1.82, 2.24) is 5.32 Å². The SMILES string of the molecule is CC1Cc2cc(-c3ccc(CNC(=O)C4(N)CCOCC4)cc3)ccc2O1. The van der Waals surface area contributed by atoms with E-state index in [9.17, 15) is 4.79 Å². The van der Waals surface area contributed by atoms with Crippen LogP contribution in [0.2, 0.25) is 0 Å². The van der Waals surface area contributed by atoms with Crippen LogP contribution in [0, 0.1) is 0 Å². The molecule has 0 aliphatic carbocycles. The van der Waals surface area contributed by atoms with E-state index >= 15 is 0 Å². The Kier molecular flexibility index (Phi) is 4.89. The molecule has 1 unspecified atom stereocenters. The second-order valence-electron chi connectivity index (χ2n) is 7.60. The molecule has 1 amide bonds. The average molecular weight is 366 g/mol. The van der Waals surface area contributed by atoms with Gasteiger partial charge < -0.3 is 20.5 Å². The van der Waals surface area contributed by atoms with Crippen LogP contribution in [-0.4, -0.2) is 30.8 Å². The van der Waals surface area contributed by atoms with E-state index in [2.05, 4.69) is 54.7 Å². The Hall–Kier alpha value is -2.37. The molecular weight excluding hydrogens is 340 g/mol. The van der Waals surface area contributed by atoms with E-state index in [0.717, 1.165) is 23.3 Å². The Labute approximate surface area is 159 Å². The molecule has 3 N–H and O–H groups in total. The fourth-order valence-electron chi connectivity index (χ4n) is 3.74. The highest BCUT2D eigenvalue weighted by Crippen LogP contribution is 2.32. The molecule has 5 heteroatoms. The van der Waals surface area contributed by atoms with Gasteiger partial charge in [0.2, 0.25) is 5.91 Å². The molecule has 1 saturated heterocycles. The highest BCUT2D eigenvalue weighted by atomic mass is 16.5. The molecule has 142 valence electrons. The van der Waals surface area contributed by atoms with Crippen LogP contribution in [-0.2, 0) is 22.5 Å². The van der Waals surface area contributed by atoms with E-state index in [4.69, 9.17) is 15.2 Å². The Morgan fingerprint density at radius 1 is 1.15 bits per heavy atom. The third-order valence-corrected chi connectivity index (χ3v) is 5.47. The summed E-state index contributed by atoms with van der Waals surface area (Å²) in [5, 5.41) is 2.97. The summed E-state index contributed by atoms with van der Waals surface area (Å²) in [5.74, 6) is 0.900. The van der Waals surface area contributed by atoms with Crippen molar-refractivity contribution in [2.24, 2.45) is 5.73 Å². The summed E-state index contributed by atoms with van der Waals surface area (Å²) in [7, 11) is 0. The third-order valence-electron chi connectivity index (χ3n) is 5.47. The Bertz CT molecular complexity index is 826. The van der Waals surface area contributed by atoms with Crippen molar-refractivity contribution in [3.8, 4) is 16.9 Å². The number of nitrogens with two attached hydrogens (primary N) is 1. The van der Waals surface area contributed by atoms with Crippen LogP contribution >= 0.6 is 0 Å². The molecule has 27 heavy (non-hydrogen) atoms. The lowest BCUT2D eigenvalue weighted by Gasteiger charge is -2.31. The fourth-order valence-corrected chi connectivity index (χ4v) is 3.74. The monoisotopic (exact) mass is 366 g/mol. The van der Waals surface area contributed by atoms with Crippen LogP contribution in [0.3, 0.4) is 0 Å². The zero-order valence-corrected chi connectivity index (χ0v) is 15.7. The standard InChI is InChI=1S/C22H26N2O3/c1-15-12-19-13-18(6-7-20(19)27-15)17-4-2-16(3-5-17)14-24-21(25)22(23)8-10-26-11-9-22/h2-7,13,15H,8-12,14,23H2,1H3,(H,24,25). The van der Waals surface area contributed by atoms with Gasteiger partial charge in [0.1, 0.15) is 11.9 Å². The number of benzene rings is 2. The van der Waals surface area contributed by atoms with Gasteiger partial charge in [-0.1, -0.05) is 30.3 Å². The van der Waals surface area contributed by atoms with Gasteiger partial charge >= 0.3 is 0 Å². The highest BCUT2D eigenvalue weighted by molar-refractivity contribution is 5.86. The lowest BCUT2D eigenvalue weighted by Crippen LogP contribution is -2.56. The Balaban J connectivity index is 1.39. The number of hydrogen-bond acceptors (Lipinski definition) is 4. The zero-order chi connectivity index (χ0) is 18.9. The maximum absolute atomic E-state index is 12.4. The number of amides is 1. The van der Waals surface area contributed by atoms with Gasteiger partial charge in [0.25, 0.3) is 0 Å². The van der Waals surface area contributed by atoms with Gasteiger partial charge in [-0.25, -0.2) is 0 Å². The molecule has 2 aromatic carbocycles. The normalized spacial score (nSPS) is 20.6. The second kappa shape index (κ2) is 7.33. The van der Waals surface area contributed by atoms with Crippen molar-refractivity contribution in [3.63, 3.8) is 0 Å². The van der Waals surface area contributed by atoms with Crippen LogP contribution in [0.5, 0.6) is 5.75 Å². The number of rotatable bonds is 4. The van der Waals surface area contributed by atoms with Crippen molar-refractivity contribution < 1.29 is 14.3 Å². The number of ether oxygens (including phenoxy) is 2. The summed E-state index contributed by atoms with van der Waals surface area (Å²) in [6, 6.07) is 14.6. The van der Waals surface area contributed by atoms with E-state index in [1.54, 1.807) is 0 Å². The third kappa shape index (κ3) is 3.84. The maximum atomic E-state index is 12.4. The van der Waals surface area contributed by atoms with E-state index in [0.29, 0.717) is 32.6 Å². The number of fused-ring (bicyclic) bond motifs is 1. The molecule has 0 bridgehead atoms. The van der Waals surface area contributed by atoms with Gasteiger partial charge in [0.05, 0.1) is 5.54 Å². The lowest BCUT2D eigenvalue weighted by molar-refractivity contribution is -0.129. The molecule has 0 radical (unpaired) electrons. The summed E-state index contributed by atoms with van der Waals surface area (Å²) < 4.78 is 11.1. The van der Waals surface area contributed by atoms with Gasteiger partial charge in [-0.2, -0.15) is 0 Å². The van der Waals surface area contributed by atoms with Crippen molar-refractivity contribution >= 4 is 5.91 Å². The first kappa shape index (κ1) is 18.0. The molecule has 1 fully saturated rings. The minimum atomic E-state index is -0.804. The van der Waals surface area contributed by atoms with Crippen LogP contribution in [0.15, 0.2) is 42.5 Å². The first-order valence-electron chi connectivity index (χ1n) is 9.57. The van der Waals surface area contributed by atoms with Crippen LogP contribution in [0.4, 0.5) is 0 Å². The summed E-state index contributed by atoms with van der Waals surface area (Å²) in [6.45, 7) is 3.66. The van der Waals surface area contributed by atoms with Crippen LogP contribution < -0.4 is 15.8 Å². The summed E-state index contributed by atoms with van der Waals surface area (Å²) >= 11 is 0. The maximum Gasteiger partial charge on any atom is 0.240 e. The molecule has 2 aliphatic rings. The molecular formula is C22H26N2O3. The first-order valence-corrected chi connectivity index (χ1v) is 9.57. The molecule has 0 spiro atoms. The van der Waals surface area contributed by atoms with Gasteiger partial charge in [-0.05, 0) is 54.2 Å². The van der Waals surface area contributed by atoms with Gasteiger partial charge in [-0.3, -0.25) is 4.79 Å². The molecule has 1 atom stereocenters. The number of nitrogens with one attached hydrogen (secondary N) is 1. The first-order chi connectivity index (χ1) is 13.0. The van der Waals surface area contributed by atoms with Crippen molar-refractivity contribution in [2.45, 2.75) is 44.4 Å². The van der Waals surface area contributed by atoms with E-state index < -0.39 is 5.54 Å². The highest BCUT2D eigenvalue weighted by Gasteiger charge is 2.35. The largest absolute Gasteiger partial charge is 0.490 e. The summed E-state index contributed by atoms with van der Waals surface area (Å²) in [6.07, 6.45) is 2.35. The van der Waals surface area contributed by atoms with Crippen molar-refractivity contribution in [2.75, 3.05) is 13.2 Å². The predicted molar refractivity (Wildman–Crippen MR) is 104 cm³/mol. The summed E-state index contributed by atoms with van der Waals surface area (Å²) in [5.41, 5.74) is 10.1. The minimum Gasteiger partial charge on any atom is -0.490 e. The predicted octanol–water partition coefficient (Wildman–Crippen LogP) is 2.80. The molecule has 5 nitrogen and oxygen atoms in total. The van der Waals surface area contributed by atoms with Crippen LogP contribution in [0.1, 0.15) is 30.9 Å². The second-order valence-corrected chi connectivity index (χ2v) is 7.60. The minimum absolute atomic E-state index is 0.0948. The Morgan fingerprint density at radius 3 is 2.59 bits per heavy atom. The lowest BCUT2D eigenvalue weighted by atomic mass is 9.90. The number of hydrogen-bond donors (Lipinski definition) is 2.